The van der Waals surface area contributed by atoms with Crippen LogP contribution in [0.5, 0.6) is 0 Å². The lowest BCUT2D eigenvalue weighted by Gasteiger charge is -2.13. The van der Waals surface area contributed by atoms with Crippen molar-refractivity contribution in [1.82, 2.24) is 4.98 Å². The maximum atomic E-state index is 12.3. The Morgan fingerprint density at radius 3 is 2.33 bits per heavy atom. The second kappa shape index (κ2) is 4.30. The SMILES string of the molecule is FC(F)c1nccc(C(F)(F)F)c1CCl. The second-order valence-corrected chi connectivity index (χ2v) is 2.92. The van der Waals surface area contributed by atoms with E-state index in [1.54, 1.807) is 0 Å². The number of alkyl halides is 6. The minimum absolute atomic E-state index is 0.629. The van der Waals surface area contributed by atoms with Gasteiger partial charge in [0.15, 0.2) is 0 Å². The van der Waals surface area contributed by atoms with Crippen LogP contribution < -0.4 is 0 Å². The molecule has 1 aromatic rings. The number of hydrogen-bond acceptors (Lipinski definition) is 1. The predicted molar refractivity (Wildman–Crippen MR) is 43.8 cm³/mol. The Hall–Kier alpha value is -0.910. The first-order valence-electron chi connectivity index (χ1n) is 3.77. The van der Waals surface area contributed by atoms with Gasteiger partial charge in [-0.15, -0.1) is 11.6 Å². The van der Waals surface area contributed by atoms with Crippen LogP contribution in [0.3, 0.4) is 0 Å². The Kier molecular flexibility index (Phi) is 3.49. The van der Waals surface area contributed by atoms with Gasteiger partial charge >= 0.3 is 6.18 Å². The highest BCUT2D eigenvalue weighted by Gasteiger charge is 2.35. The highest BCUT2D eigenvalue weighted by Crippen LogP contribution is 2.35. The van der Waals surface area contributed by atoms with Crippen molar-refractivity contribution in [1.29, 1.82) is 0 Å². The fourth-order valence-corrected chi connectivity index (χ4v) is 1.38. The fraction of sp³-hybridized carbons (Fsp3) is 0.375. The zero-order valence-electron chi connectivity index (χ0n) is 7.15. The van der Waals surface area contributed by atoms with Gasteiger partial charge in [-0.2, -0.15) is 13.2 Å². The summed E-state index contributed by atoms with van der Waals surface area (Å²) in [6, 6.07) is 0.629. The van der Waals surface area contributed by atoms with E-state index in [2.05, 4.69) is 4.98 Å². The van der Waals surface area contributed by atoms with E-state index in [4.69, 9.17) is 11.6 Å². The third kappa shape index (κ3) is 2.56. The van der Waals surface area contributed by atoms with Crippen molar-refractivity contribution in [3.05, 3.63) is 29.1 Å². The quantitative estimate of drug-likeness (QED) is 0.571. The smallest absolute Gasteiger partial charge is 0.255 e. The molecule has 84 valence electrons. The maximum Gasteiger partial charge on any atom is 0.416 e. The molecule has 0 amide bonds. The van der Waals surface area contributed by atoms with Gasteiger partial charge in [0.25, 0.3) is 6.43 Å². The van der Waals surface area contributed by atoms with Crippen molar-refractivity contribution in [3.63, 3.8) is 0 Å². The van der Waals surface area contributed by atoms with Gasteiger partial charge in [-0.25, -0.2) is 8.78 Å². The van der Waals surface area contributed by atoms with E-state index in [0.717, 1.165) is 0 Å². The number of rotatable bonds is 2. The molecule has 0 spiro atoms. The Labute approximate surface area is 86.9 Å². The largest absolute Gasteiger partial charge is 0.416 e. The minimum atomic E-state index is -4.70. The molecule has 0 saturated heterocycles. The summed E-state index contributed by atoms with van der Waals surface area (Å²) >= 11 is 5.21. The molecule has 15 heavy (non-hydrogen) atoms. The molecule has 1 heterocycles. The lowest BCUT2D eigenvalue weighted by Crippen LogP contribution is -2.11. The standard InChI is InChI=1S/C8H5ClF5N/c9-3-4-5(8(12,13)14)1-2-15-6(4)7(10)11/h1-2,7H,3H2. The number of nitrogens with zero attached hydrogens (tertiary/aromatic N) is 1. The van der Waals surface area contributed by atoms with Gasteiger partial charge in [-0.3, -0.25) is 4.98 Å². The molecular formula is C8H5ClF5N. The topological polar surface area (TPSA) is 12.9 Å². The molecule has 1 rings (SSSR count). The van der Waals surface area contributed by atoms with Gasteiger partial charge in [0.1, 0.15) is 5.69 Å². The van der Waals surface area contributed by atoms with Crippen LogP contribution in [0.1, 0.15) is 23.2 Å². The van der Waals surface area contributed by atoms with Crippen molar-refractivity contribution >= 4 is 11.6 Å². The fourth-order valence-electron chi connectivity index (χ4n) is 1.10. The molecule has 0 atom stereocenters. The third-order valence-corrected chi connectivity index (χ3v) is 2.00. The summed E-state index contributed by atoms with van der Waals surface area (Å²) in [5.41, 5.74) is -2.75. The van der Waals surface area contributed by atoms with Gasteiger partial charge < -0.3 is 0 Å². The molecule has 1 nitrogen and oxygen atoms in total. The van der Waals surface area contributed by atoms with E-state index in [-0.39, 0.29) is 0 Å². The summed E-state index contributed by atoms with van der Waals surface area (Å²) in [5.74, 6) is -0.650. The Morgan fingerprint density at radius 2 is 1.93 bits per heavy atom. The third-order valence-electron chi connectivity index (χ3n) is 1.73. The number of halogens is 6. The summed E-state index contributed by atoms with van der Waals surface area (Å²) in [6.07, 6.45) is -7.07. The summed E-state index contributed by atoms with van der Waals surface area (Å²) in [4.78, 5) is 3.19. The minimum Gasteiger partial charge on any atom is -0.255 e. The maximum absolute atomic E-state index is 12.3. The molecule has 0 aliphatic heterocycles. The summed E-state index contributed by atoms with van der Waals surface area (Å²) in [6.45, 7) is 0. The summed E-state index contributed by atoms with van der Waals surface area (Å²) in [5, 5.41) is 0. The van der Waals surface area contributed by atoms with Crippen LogP contribution in [-0.2, 0) is 12.1 Å². The van der Waals surface area contributed by atoms with Crippen LogP contribution in [-0.4, -0.2) is 4.98 Å². The second-order valence-electron chi connectivity index (χ2n) is 2.65. The zero-order chi connectivity index (χ0) is 11.6. The molecule has 0 saturated carbocycles. The Balaban J connectivity index is 3.35. The van der Waals surface area contributed by atoms with Crippen molar-refractivity contribution in [2.24, 2.45) is 0 Å². The van der Waals surface area contributed by atoms with Crippen LogP contribution in [0.25, 0.3) is 0 Å². The van der Waals surface area contributed by atoms with E-state index >= 15 is 0 Å². The number of aromatic nitrogens is 1. The van der Waals surface area contributed by atoms with Crippen molar-refractivity contribution in [2.75, 3.05) is 0 Å². The van der Waals surface area contributed by atoms with Gasteiger partial charge in [-0.1, -0.05) is 0 Å². The molecule has 0 aliphatic carbocycles. The number of pyridine rings is 1. The normalized spacial score (nSPS) is 12.2. The zero-order valence-corrected chi connectivity index (χ0v) is 7.91. The van der Waals surface area contributed by atoms with Crippen molar-refractivity contribution < 1.29 is 22.0 Å². The summed E-state index contributed by atoms with van der Waals surface area (Å²) < 4.78 is 61.6. The first-order valence-corrected chi connectivity index (χ1v) is 4.30. The molecule has 7 heteroatoms. The van der Waals surface area contributed by atoms with Gasteiger partial charge in [-0.05, 0) is 6.07 Å². The highest BCUT2D eigenvalue weighted by atomic mass is 35.5. The number of hydrogen-bond donors (Lipinski definition) is 0. The molecule has 0 bridgehead atoms. The van der Waals surface area contributed by atoms with Gasteiger partial charge in [0.2, 0.25) is 0 Å². The summed E-state index contributed by atoms with van der Waals surface area (Å²) in [7, 11) is 0. The average molecular weight is 246 g/mol. The van der Waals surface area contributed by atoms with E-state index < -0.39 is 35.3 Å². The van der Waals surface area contributed by atoms with E-state index in [9.17, 15) is 22.0 Å². The van der Waals surface area contributed by atoms with Gasteiger partial charge in [0, 0.05) is 17.6 Å². The molecule has 0 radical (unpaired) electrons. The molecule has 0 aliphatic rings. The first kappa shape index (κ1) is 12.2. The van der Waals surface area contributed by atoms with Crippen LogP contribution in [0.15, 0.2) is 12.3 Å². The van der Waals surface area contributed by atoms with Crippen molar-refractivity contribution in [3.8, 4) is 0 Å². The predicted octanol–water partition coefficient (Wildman–Crippen LogP) is 3.78. The Bertz CT molecular complexity index is 349. The molecule has 0 N–H and O–H groups in total. The molecular weight excluding hydrogens is 241 g/mol. The van der Waals surface area contributed by atoms with Gasteiger partial charge in [0.05, 0.1) is 5.56 Å². The van der Waals surface area contributed by atoms with E-state index in [1.807, 2.05) is 0 Å². The van der Waals surface area contributed by atoms with E-state index in [0.29, 0.717) is 12.3 Å². The van der Waals surface area contributed by atoms with E-state index in [1.165, 1.54) is 0 Å². The lowest BCUT2D eigenvalue weighted by molar-refractivity contribution is -0.138. The lowest BCUT2D eigenvalue weighted by atomic mass is 10.1. The highest BCUT2D eigenvalue weighted by molar-refractivity contribution is 6.17. The first-order chi connectivity index (χ1) is 6.88. The molecule has 1 aromatic heterocycles. The van der Waals surface area contributed by atoms with Crippen molar-refractivity contribution in [2.45, 2.75) is 18.5 Å². The Morgan fingerprint density at radius 1 is 1.33 bits per heavy atom. The van der Waals surface area contributed by atoms with Crippen LogP contribution in [0.2, 0.25) is 0 Å². The van der Waals surface area contributed by atoms with Crippen LogP contribution >= 0.6 is 11.6 Å². The monoisotopic (exact) mass is 245 g/mol. The molecule has 0 fully saturated rings. The molecule has 0 unspecified atom stereocenters. The van der Waals surface area contributed by atoms with Crippen LogP contribution in [0, 0.1) is 0 Å². The average Bonchev–Trinajstić information content (AvgIpc) is 2.15. The van der Waals surface area contributed by atoms with Crippen LogP contribution in [0.4, 0.5) is 22.0 Å². The molecule has 0 aromatic carbocycles.